The Morgan fingerprint density at radius 2 is 1.55 bits per heavy atom. The van der Waals surface area contributed by atoms with Crippen molar-refractivity contribution >= 4 is 0 Å². The largest absolute Gasteiger partial charge is 0.507 e. The molecular formula is C18H31NO3. The van der Waals surface area contributed by atoms with Crippen LogP contribution in [0.5, 0.6) is 5.75 Å². The zero-order valence-electron chi connectivity index (χ0n) is 14.9. The molecule has 0 aliphatic carbocycles. The number of rotatable bonds is 4. The fourth-order valence-corrected chi connectivity index (χ4v) is 2.42. The van der Waals surface area contributed by atoms with E-state index in [4.69, 9.17) is 0 Å². The summed E-state index contributed by atoms with van der Waals surface area (Å²) in [6, 6.07) is 3.80. The van der Waals surface area contributed by atoms with Gasteiger partial charge in [-0.3, -0.25) is 0 Å². The van der Waals surface area contributed by atoms with Crippen molar-refractivity contribution in [3.63, 3.8) is 0 Å². The highest BCUT2D eigenvalue weighted by molar-refractivity contribution is 5.49. The lowest BCUT2D eigenvalue weighted by molar-refractivity contribution is 0.0187. The minimum absolute atomic E-state index is 0.0724. The maximum atomic E-state index is 10.6. The van der Waals surface area contributed by atoms with Crippen LogP contribution in [0.1, 0.15) is 64.3 Å². The first kappa shape index (κ1) is 18.9. The third-order valence-electron chi connectivity index (χ3n) is 3.91. The lowest BCUT2D eigenvalue weighted by Gasteiger charge is -2.29. The van der Waals surface area contributed by atoms with Crippen molar-refractivity contribution in [1.82, 2.24) is 5.32 Å². The average Bonchev–Trinajstić information content (AvgIpc) is 2.35. The molecule has 1 aromatic carbocycles. The van der Waals surface area contributed by atoms with Gasteiger partial charge in [0.15, 0.2) is 0 Å². The topological polar surface area (TPSA) is 72.7 Å². The van der Waals surface area contributed by atoms with Crippen LogP contribution < -0.4 is 5.32 Å². The summed E-state index contributed by atoms with van der Waals surface area (Å²) < 4.78 is 0. The first-order chi connectivity index (χ1) is 9.89. The van der Waals surface area contributed by atoms with Crippen molar-refractivity contribution in [1.29, 1.82) is 0 Å². The molecule has 22 heavy (non-hydrogen) atoms. The molecule has 0 bridgehead atoms. The molecule has 0 aliphatic heterocycles. The Bertz CT molecular complexity index is 512. The van der Waals surface area contributed by atoms with Crippen LogP contribution in [0.15, 0.2) is 12.1 Å². The molecule has 4 N–H and O–H groups in total. The molecular weight excluding hydrogens is 278 g/mol. The number of hydrogen-bond acceptors (Lipinski definition) is 4. The molecule has 2 unspecified atom stereocenters. The van der Waals surface area contributed by atoms with E-state index in [0.29, 0.717) is 5.56 Å². The normalized spacial score (nSPS) is 15.7. The molecule has 0 saturated heterocycles. The van der Waals surface area contributed by atoms with Crippen LogP contribution in [0.3, 0.4) is 0 Å². The molecule has 0 amide bonds. The van der Waals surface area contributed by atoms with Gasteiger partial charge in [0.05, 0.1) is 6.10 Å². The number of hydrogen-bond donors (Lipinski definition) is 4. The van der Waals surface area contributed by atoms with Crippen LogP contribution in [-0.4, -0.2) is 35.0 Å². The zero-order chi connectivity index (χ0) is 17.3. The number of nitrogens with one attached hydrogen (secondary N) is 1. The number of aromatic hydroxyl groups is 1. The summed E-state index contributed by atoms with van der Waals surface area (Å²) in [5.74, 6) is 0.0724. The molecule has 0 radical (unpaired) electrons. The Hall–Kier alpha value is -1.10. The van der Waals surface area contributed by atoms with E-state index >= 15 is 0 Å². The SMILES string of the molecule is CNCC(O)C(O)c1cc(C(C)(C)C)cc(C(C)(C)C)c1O. The van der Waals surface area contributed by atoms with E-state index in [2.05, 4.69) is 26.1 Å². The number of likely N-dealkylation sites (N-methyl/N-ethyl adjacent to an activating group) is 1. The van der Waals surface area contributed by atoms with Gasteiger partial charge in [-0.1, -0.05) is 47.6 Å². The fraction of sp³-hybridized carbons (Fsp3) is 0.667. The Morgan fingerprint density at radius 1 is 1.00 bits per heavy atom. The minimum atomic E-state index is -1.13. The summed E-state index contributed by atoms with van der Waals surface area (Å²) in [6.45, 7) is 12.6. The standard InChI is InChI=1S/C18H31NO3/c1-17(2,3)11-8-12(16(22)14(20)10-19-7)15(21)13(9-11)18(4,5)6/h8-9,14,16,19-22H,10H2,1-7H3. The number of aliphatic hydroxyl groups is 2. The predicted octanol–water partition coefficient (Wildman–Crippen LogP) is 2.60. The molecule has 4 nitrogen and oxygen atoms in total. The van der Waals surface area contributed by atoms with Gasteiger partial charge in [-0.15, -0.1) is 0 Å². The van der Waals surface area contributed by atoms with Gasteiger partial charge in [0, 0.05) is 12.1 Å². The van der Waals surface area contributed by atoms with E-state index in [1.807, 2.05) is 26.8 Å². The van der Waals surface area contributed by atoms with Crippen LogP contribution >= 0.6 is 0 Å². The molecule has 0 spiro atoms. The maximum absolute atomic E-state index is 10.6. The van der Waals surface area contributed by atoms with E-state index in [-0.39, 0.29) is 23.1 Å². The monoisotopic (exact) mass is 309 g/mol. The minimum Gasteiger partial charge on any atom is -0.507 e. The molecule has 2 atom stereocenters. The summed E-state index contributed by atoms with van der Waals surface area (Å²) in [7, 11) is 1.71. The fourth-order valence-electron chi connectivity index (χ4n) is 2.42. The van der Waals surface area contributed by atoms with Crippen molar-refractivity contribution < 1.29 is 15.3 Å². The Morgan fingerprint density at radius 3 is 1.95 bits per heavy atom. The van der Waals surface area contributed by atoms with Crippen LogP contribution in [-0.2, 0) is 10.8 Å². The van der Waals surface area contributed by atoms with E-state index in [1.54, 1.807) is 13.1 Å². The van der Waals surface area contributed by atoms with Crippen LogP contribution in [0.2, 0.25) is 0 Å². The van der Waals surface area contributed by atoms with Crippen molar-refractivity contribution in [3.05, 3.63) is 28.8 Å². The summed E-state index contributed by atoms with van der Waals surface area (Å²) in [5, 5.41) is 33.9. The number of aliphatic hydroxyl groups excluding tert-OH is 2. The second-order valence-corrected chi connectivity index (χ2v) is 8.03. The van der Waals surface area contributed by atoms with E-state index in [9.17, 15) is 15.3 Å². The molecule has 0 aliphatic rings. The zero-order valence-corrected chi connectivity index (χ0v) is 14.9. The van der Waals surface area contributed by atoms with Crippen LogP contribution in [0.4, 0.5) is 0 Å². The van der Waals surface area contributed by atoms with E-state index in [0.717, 1.165) is 11.1 Å². The second kappa shape index (κ2) is 6.57. The van der Waals surface area contributed by atoms with E-state index < -0.39 is 12.2 Å². The lowest BCUT2D eigenvalue weighted by atomic mass is 9.78. The average molecular weight is 309 g/mol. The molecule has 126 valence electrons. The Labute approximate surface area is 134 Å². The van der Waals surface area contributed by atoms with Crippen molar-refractivity contribution in [2.24, 2.45) is 0 Å². The highest BCUT2D eigenvalue weighted by Gasteiger charge is 2.29. The third-order valence-corrected chi connectivity index (χ3v) is 3.91. The van der Waals surface area contributed by atoms with Gasteiger partial charge in [0.25, 0.3) is 0 Å². The molecule has 0 saturated carbocycles. The van der Waals surface area contributed by atoms with Crippen molar-refractivity contribution in [2.75, 3.05) is 13.6 Å². The van der Waals surface area contributed by atoms with Crippen LogP contribution in [0, 0.1) is 0 Å². The van der Waals surface area contributed by atoms with E-state index in [1.165, 1.54) is 0 Å². The number of benzene rings is 1. The molecule has 0 aromatic heterocycles. The smallest absolute Gasteiger partial charge is 0.125 e. The first-order valence-electron chi connectivity index (χ1n) is 7.78. The maximum Gasteiger partial charge on any atom is 0.125 e. The number of phenols is 1. The summed E-state index contributed by atoms with van der Waals surface area (Å²) in [4.78, 5) is 0. The summed E-state index contributed by atoms with van der Waals surface area (Å²) in [6.07, 6.45) is -2.10. The molecule has 1 rings (SSSR count). The summed E-state index contributed by atoms with van der Waals surface area (Å²) in [5.41, 5.74) is 1.83. The molecule has 1 aromatic rings. The summed E-state index contributed by atoms with van der Waals surface area (Å²) >= 11 is 0. The second-order valence-electron chi connectivity index (χ2n) is 8.03. The van der Waals surface area contributed by atoms with Crippen LogP contribution in [0.25, 0.3) is 0 Å². The predicted molar refractivity (Wildman–Crippen MR) is 90.4 cm³/mol. The van der Waals surface area contributed by atoms with Gasteiger partial charge >= 0.3 is 0 Å². The van der Waals surface area contributed by atoms with Crippen molar-refractivity contribution in [3.8, 4) is 5.75 Å². The highest BCUT2D eigenvalue weighted by Crippen LogP contribution is 2.40. The first-order valence-corrected chi connectivity index (χ1v) is 7.78. The Kier molecular flexibility index (Phi) is 5.66. The van der Waals surface area contributed by atoms with Crippen molar-refractivity contribution in [2.45, 2.75) is 64.6 Å². The van der Waals surface area contributed by atoms with Gasteiger partial charge in [-0.25, -0.2) is 0 Å². The third kappa shape index (κ3) is 4.22. The lowest BCUT2D eigenvalue weighted by Crippen LogP contribution is -2.30. The quantitative estimate of drug-likeness (QED) is 0.690. The highest BCUT2D eigenvalue weighted by atomic mass is 16.3. The van der Waals surface area contributed by atoms with Gasteiger partial charge in [-0.05, 0) is 35.1 Å². The molecule has 0 fully saturated rings. The Balaban J connectivity index is 3.50. The van der Waals surface area contributed by atoms with Gasteiger partial charge < -0.3 is 20.6 Å². The van der Waals surface area contributed by atoms with Gasteiger partial charge in [0.1, 0.15) is 11.9 Å². The van der Waals surface area contributed by atoms with Gasteiger partial charge in [-0.2, -0.15) is 0 Å². The van der Waals surface area contributed by atoms with Gasteiger partial charge in [0.2, 0.25) is 0 Å². The molecule has 0 heterocycles. The molecule has 4 heteroatoms. The number of phenolic OH excluding ortho intramolecular Hbond substituents is 1.